The maximum atomic E-state index is 13.6. The van der Waals surface area contributed by atoms with Crippen LogP contribution >= 0.6 is 0 Å². The van der Waals surface area contributed by atoms with Crippen LogP contribution in [0, 0.1) is 27.6 Å². The van der Waals surface area contributed by atoms with Crippen LogP contribution in [0.4, 0.5) is 13.2 Å². The van der Waals surface area contributed by atoms with Gasteiger partial charge in [0.25, 0.3) is 5.70 Å². The lowest BCUT2D eigenvalue weighted by atomic mass is 10.0. The minimum absolute atomic E-state index is 0.0551. The Morgan fingerprint density at radius 1 is 1.26 bits per heavy atom. The van der Waals surface area contributed by atoms with Crippen LogP contribution in [0.25, 0.3) is 0 Å². The molecule has 0 radical (unpaired) electrons. The standard InChI is InChI=1S/C12H8F3NO3/c1-6-2-11(16(17)18)12(19-5-6)7-3-9(14)10(15)4-8(7)13/h2-4,12H,1,5H2/t12-/m1/s1. The van der Waals surface area contributed by atoms with Crippen LogP contribution in [0.3, 0.4) is 0 Å². The molecule has 1 aliphatic heterocycles. The first kappa shape index (κ1) is 13.3. The van der Waals surface area contributed by atoms with Crippen LogP contribution in [-0.2, 0) is 4.74 Å². The highest BCUT2D eigenvalue weighted by Gasteiger charge is 2.33. The summed E-state index contributed by atoms with van der Waals surface area (Å²) >= 11 is 0. The first-order valence-electron chi connectivity index (χ1n) is 5.20. The molecule has 4 nitrogen and oxygen atoms in total. The highest BCUT2D eigenvalue weighted by Crippen LogP contribution is 2.33. The minimum Gasteiger partial charge on any atom is -0.357 e. The third-order valence-electron chi connectivity index (χ3n) is 2.59. The Kier molecular flexibility index (Phi) is 3.39. The smallest absolute Gasteiger partial charge is 0.279 e. The Hall–Kier alpha value is -2.15. The van der Waals surface area contributed by atoms with E-state index in [1.165, 1.54) is 0 Å². The molecule has 0 bridgehead atoms. The van der Waals surface area contributed by atoms with E-state index in [4.69, 9.17) is 4.74 Å². The second-order valence-electron chi connectivity index (χ2n) is 3.96. The summed E-state index contributed by atoms with van der Waals surface area (Å²) in [6, 6.07) is 0.885. The Balaban J connectivity index is 2.52. The normalized spacial score (nSPS) is 19.2. The summed E-state index contributed by atoms with van der Waals surface area (Å²) in [6.07, 6.45) is -0.259. The number of ether oxygens (including phenoxy) is 1. The highest BCUT2D eigenvalue weighted by molar-refractivity contribution is 5.32. The molecular formula is C12H8F3NO3. The molecule has 1 atom stereocenters. The quantitative estimate of drug-likeness (QED) is 0.472. The van der Waals surface area contributed by atoms with Gasteiger partial charge >= 0.3 is 0 Å². The Labute approximate surface area is 105 Å². The van der Waals surface area contributed by atoms with E-state index in [1.807, 2.05) is 0 Å². The second-order valence-corrected chi connectivity index (χ2v) is 3.96. The number of nitro groups is 1. The van der Waals surface area contributed by atoms with E-state index in [9.17, 15) is 23.3 Å². The van der Waals surface area contributed by atoms with Crippen molar-refractivity contribution >= 4 is 0 Å². The Morgan fingerprint density at radius 3 is 2.53 bits per heavy atom. The van der Waals surface area contributed by atoms with E-state index < -0.39 is 39.7 Å². The van der Waals surface area contributed by atoms with Gasteiger partial charge in [0, 0.05) is 17.7 Å². The van der Waals surface area contributed by atoms with Crippen molar-refractivity contribution in [2.45, 2.75) is 6.10 Å². The molecule has 7 heteroatoms. The molecule has 19 heavy (non-hydrogen) atoms. The molecule has 0 spiro atoms. The number of halogens is 3. The predicted molar refractivity (Wildman–Crippen MR) is 59.2 cm³/mol. The summed E-state index contributed by atoms with van der Waals surface area (Å²) in [7, 11) is 0. The lowest BCUT2D eigenvalue weighted by Crippen LogP contribution is -2.20. The van der Waals surface area contributed by atoms with Gasteiger partial charge in [0.2, 0.25) is 0 Å². The molecule has 0 amide bonds. The first-order chi connectivity index (χ1) is 8.90. The summed E-state index contributed by atoms with van der Waals surface area (Å²) in [6.45, 7) is 3.44. The van der Waals surface area contributed by atoms with Crippen molar-refractivity contribution in [1.29, 1.82) is 0 Å². The fourth-order valence-electron chi connectivity index (χ4n) is 1.74. The van der Waals surface area contributed by atoms with E-state index in [-0.39, 0.29) is 6.61 Å². The second kappa shape index (κ2) is 4.85. The monoisotopic (exact) mass is 271 g/mol. The zero-order valence-electron chi connectivity index (χ0n) is 9.53. The third-order valence-corrected chi connectivity index (χ3v) is 2.59. The van der Waals surface area contributed by atoms with Gasteiger partial charge in [-0.2, -0.15) is 0 Å². The number of rotatable bonds is 2. The van der Waals surface area contributed by atoms with Crippen molar-refractivity contribution in [3.8, 4) is 0 Å². The number of nitrogens with zero attached hydrogens (tertiary/aromatic N) is 1. The average Bonchev–Trinajstić information content (AvgIpc) is 2.34. The predicted octanol–water partition coefficient (Wildman–Crippen LogP) is 2.89. The van der Waals surface area contributed by atoms with Gasteiger partial charge in [0.15, 0.2) is 17.7 Å². The summed E-state index contributed by atoms with van der Waals surface area (Å²) in [5, 5.41) is 10.9. The van der Waals surface area contributed by atoms with Gasteiger partial charge in [0.1, 0.15) is 5.82 Å². The van der Waals surface area contributed by atoms with Gasteiger partial charge < -0.3 is 4.74 Å². The van der Waals surface area contributed by atoms with E-state index in [0.717, 1.165) is 6.08 Å². The Morgan fingerprint density at radius 2 is 1.89 bits per heavy atom. The van der Waals surface area contributed by atoms with Crippen molar-refractivity contribution in [2.75, 3.05) is 6.61 Å². The van der Waals surface area contributed by atoms with Crippen LogP contribution in [0.15, 0.2) is 36.1 Å². The van der Waals surface area contributed by atoms with Crippen molar-refractivity contribution < 1.29 is 22.8 Å². The summed E-state index contributed by atoms with van der Waals surface area (Å²) < 4.78 is 44.6. The molecule has 0 unspecified atom stereocenters. The van der Waals surface area contributed by atoms with Gasteiger partial charge in [-0.05, 0) is 11.6 Å². The molecule has 0 saturated carbocycles. The van der Waals surface area contributed by atoms with Crippen molar-refractivity contribution in [3.63, 3.8) is 0 Å². The first-order valence-corrected chi connectivity index (χ1v) is 5.20. The minimum atomic E-state index is -1.39. The molecule has 0 aromatic heterocycles. The molecule has 0 fully saturated rings. The van der Waals surface area contributed by atoms with Crippen molar-refractivity contribution in [2.24, 2.45) is 0 Å². The molecule has 100 valence electrons. The summed E-state index contributed by atoms with van der Waals surface area (Å²) in [4.78, 5) is 10.1. The molecule has 1 heterocycles. The molecule has 0 N–H and O–H groups in total. The molecule has 1 aromatic rings. The van der Waals surface area contributed by atoms with Gasteiger partial charge in [-0.25, -0.2) is 13.2 Å². The van der Waals surface area contributed by atoms with Crippen LogP contribution in [-0.4, -0.2) is 11.5 Å². The summed E-state index contributed by atoms with van der Waals surface area (Å²) in [5.74, 6) is -3.77. The van der Waals surface area contributed by atoms with Gasteiger partial charge in [-0.3, -0.25) is 10.1 Å². The van der Waals surface area contributed by atoms with Gasteiger partial charge in [-0.1, -0.05) is 6.58 Å². The molecule has 2 rings (SSSR count). The van der Waals surface area contributed by atoms with E-state index in [1.54, 1.807) is 0 Å². The average molecular weight is 271 g/mol. The maximum absolute atomic E-state index is 13.6. The lowest BCUT2D eigenvalue weighted by Gasteiger charge is -2.21. The van der Waals surface area contributed by atoms with E-state index >= 15 is 0 Å². The zero-order chi connectivity index (χ0) is 14.2. The zero-order valence-corrected chi connectivity index (χ0v) is 9.53. The fraction of sp³-hybridized carbons (Fsp3) is 0.167. The van der Waals surface area contributed by atoms with Crippen LogP contribution in [0.1, 0.15) is 11.7 Å². The van der Waals surface area contributed by atoms with Crippen LogP contribution in [0.5, 0.6) is 0 Å². The van der Waals surface area contributed by atoms with Crippen molar-refractivity contribution in [1.82, 2.24) is 0 Å². The number of hydrogen-bond donors (Lipinski definition) is 0. The lowest BCUT2D eigenvalue weighted by molar-refractivity contribution is -0.439. The highest BCUT2D eigenvalue weighted by atomic mass is 19.2. The molecule has 0 saturated heterocycles. The van der Waals surface area contributed by atoms with Crippen molar-refractivity contribution in [3.05, 3.63) is 69.2 Å². The van der Waals surface area contributed by atoms with Crippen LogP contribution < -0.4 is 0 Å². The van der Waals surface area contributed by atoms with Gasteiger partial charge in [-0.15, -0.1) is 0 Å². The SMILES string of the molecule is C=C1C=C([N+](=O)[O-])[C@@H](c2cc(F)c(F)cc2F)OC1. The molecular weight excluding hydrogens is 263 g/mol. The summed E-state index contributed by atoms with van der Waals surface area (Å²) in [5.41, 5.74) is -0.554. The van der Waals surface area contributed by atoms with E-state index in [2.05, 4.69) is 6.58 Å². The molecule has 0 aliphatic carbocycles. The Bertz CT molecular complexity index is 598. The molecule has 1 aromatic carbocycles. The largest absolute Gasteiger partial charge is 0.357 e. The van der Waals surface area contributed by atoms with Gasteiger partial charge in [0.05, 0.1) is 11.5 Å². The molecule has 1 aliphatic rings. The van der Waals surface area contributed by atoms with Crippen LogP contribution in [0.2, 0.25) is 0 Å². The number of hydrogen-bond acceptors (Lipinski definition) is 3. The van der Waals surface area contributed by atoms with E-state index in [0.29, 0.717) is 17.7 Å². The number of benzene rings is 1. The maximum Gasteiger partial charge on any atom is 0.279 e. The topological polar surface area (TPSA) is 52.4 Å². The third kappa shape index (κ3) is 2.50. The fourth-order valence-corrected chi connectivity index (χ4v) is 1.74.